The molecule has 0 atom stereocenters. The summed E-state index contributed by atoms with van der Waals surface area (Å²) in [5, 5.41) is 9.54. The zero-order valence-corrected chi connectivity index (χ0v) is 16.9. The number of carbonyl (C=O) groups is 1. The Morgan fingerprint density at radius 1 is 1.00 bits per heavy atom. The van der Waals surface area contributed by atoms with E-state index in [1.807, 2.05) is 65.0 Å². The number of hydrogen-bond donors (Lipinski definition) is 0. The van der Waals surface area contributed by atoms with Gasteiger partial charge in [0.25, 0.3) is 5.91 Å². The quantitative estimate of drug-likeness (QED) is 0.604. The summed E-state index contributed by atoms with van der Waals surface area (Å²) in [5.74, 6) is 1.76. The molecule has 1 aliphatic rings. The first-order chi connectivity index (χ1) is 13.7. The van der Waals surface area contributed by atoms with Crippen molar-refractivity contribution in [2.24, 2.45) is 7.05 Å². The van der Waals surface area contributed by atoms with Crippen LogP contribution >= 0.6 is 11.8 Å². The molecule has 2 heterocycles. The summed E-state index contributed by atoms with van der Waals surface area (Å²) in [5.41, 5.74) is 2.96. The summed E-state index contributed by atoms with van der Waals surface area (Å²) in [6.45, 7) is 1.75. The molecular formula is C22H24N4OS. The standard InChI is InChI=1S/C22H24N4OS/c1-25-20(18-10-4-2-5-11-18)23-24-22(25)28-16-17-9-8-12-19(15-17)21(27)26-13-6-3-7-14-26/h2,4-5,8-12,15H,3,6-7,13-14,16H2,1H3. The minimum absolute atomic E-state index is 0.150. The zero-order chi connectivity index (χ0) is 19.3. The second-order valence-electron chi connectivity index (χ2n) is 7.07. The molecule has 1 fully saturated rings. The van der Waals surface area contributed by atoms with Crippen molar-refractivity contribution >= 4 is 17.7 Å². The molecule has 0 bridgehead atoms. The molecule has 0 aliphatic carbocycles. The predicted molar refractivity (Wildman–Crippen MR) is 112 cm³/mol. The topological polar surface area (TPSA) is 51.0 Å². The Labute approximate surface area is 169 Å². The highest BCUT2D eigenvalue weighted by Gasteiger charge is 2.18. The van der Waals surface area contributed by atoms with Gasteiger partial charge in [0.05, 0.1) is 0 Å². The Hall–Kier alpha value is -2.60. The van der Waals surface area contributed by atoms with Crippen LogP contribution in [0.15, 0.2) is 59.8 Å². The SMILES string of the molecule is Cn1c(SCc2cccc(C(=O)N3CCCCC3)c2)nnc1-c1ccccc1. The summed E-state index contributed by atoms with van der Waals surface area (Å²) in [4.78, 5) is 14.7. The van der Waals surface area contributed by atoms with Crippen LogP contribution in [0.3, 0.4) is 0 Å². The van der Waals surface area contributed by atoms with Crippen molar-refractivity contribution in [1.29, 1.82) is 0 Å². The number of amides is 1. The Bertz CT molecular complexity index is 948. The van der Waals surface area contributed by atoms with E-state index in [-0.39, 0.29) is 5.91 Å². The maximum absolute atomic E-state index is 12.7. The highest BCUT2D eigenvalue weighted by Crippen LogP contribution is 2.25. The third kappa shape index (κ3) is 4.12. The van der Waals surface area contributed by atoms with E-state index < -0.39 is 0 Å². The molecule has 1 aromatic heterocycles. The number of piperidine rings is 1. The first-order valence-electron chi connectivity index (χ1n) is 9.68. The van der Waals surface area contributed by atoms with E-state index in [0.29, 0.717) is 0 Å². The minimum atomic E-state index is 0.150. The molecule has 0 N–H and O–H groups in total. The largest absolute Gasteiger partial charge is 0.339 e. The summed E-state index contributed by atoms with van der Waals surface area (Å²) in [6.07, 6.45) is 3.44. The van der Waals surface area contributed by atoms with E-state index in [4.69, 9.17) is 0 Å². The maximum atomic E-state index is 12.7. The van der Waals surface area contributed by atoms with E-state index in [1.54, 1.807) is 11.8 Å². The van der Waals surface area contributed by atoms with Crippen LogP contribution in [0, 0.1) is 0 Å². The van der Waals surface area contributed by atoms with Crippen molar-refractivity contribution in [1.82, 2.24) is 19.7 Å². The molecular weight excluding hydrogens is 368 g/mol. The van der Waals surface area contributed by atoms with Crippen LogP contribution in [0.2, 0.25) is 0 Å². The fourth-order valence-corrected chi connectivity index (χ4v) is 4.35. The highest BCUT2D eigenvalue weighted by molar-refractivity contribution is 7.98. The highest BCUT2D eigenvalue weighted by atomic mass is 32.2. The van der Waals surface area contributed by atoms with Gasteiger partial charge in [-0.05, 0) is 37.0 Å². The van der Waals surface area contributed by atoms with Gasteiger partial charge in [0.2, 0.25) is 0 Å². The van der Waals surface area contributed by atoms with Gasteiger partial charge in [0, 0.05) is 37.0 Å². The molecule has 1 aliphatic heterocycles. The van der Waals surface area contributed by atoms with Gasteiger partial charge in [0.1, 0.15) is 0 Å². The molecule has 5 nitrogen and oxygen atoms in total. The molecule has 28 heavy (non-hydrogen) atoms. The van der Waals surface area contributed by atoms with Crippen molar-refractivity contribution in [3.8, 4) is 11.4 Å². The molecule has 3 aromatic rings. The first-order valence-corrected chi connectivity index (χ1v) is 10.7. The molecule has 144 valence electrons. The van der Waals surface area contributed by atoms with Crippen LogP contribution in [0.1, 0.15) is 35.2 Å². The minimum Gasteiger partial charge on any atom is -0.339 e. The first kappa shape index (κ1) is 18.7. The second kappa shape index (κ2) is 8.61. The van der Waals surface area contributed by atoms with Crippen molar-refractivity contribution in [3.63, 3.8) is 0 Å². The zero-order valence-electron chi connectivity index (χ0n) is 16.0. The maximum Gasteiger partial charge on any atom is 0.253 e. The molecule has 0 saturated carbocycles. The van der Waals surface area contributed by atoms with Gasteiger partial charge in [-0.3, -0.25) is 4.79 Å². The normalized spacial score (nSPS) is 14.2. The number of aromatic nitrogens is 3. The van der Waals surface area contributed by atoms with Gasteiger partial charge in [-0.2, -0.15) is 0 Å². The van der Waals surface area contributed by atoms with Crippen LogP contribution in [0.5, 0.6) is 0 Å². The monoisotopic (exact) mass is 392 g/mol. The fraction of sp³-hybridized carbons (Fsp3) is 0.318. The molecule has 6 heteroatoms. The summed E-state index contributed by atoms with van der Waals surface area (Å²) < 4.78 is 2.02. The lowest BCUT2D eigenvalue weighted by Crippen LogP contribution is -2.35. The van der Waals surface area contributed by atoms with Crippen LogP contribution in [0.25, 0.3) is 11.4 Å². The van der Waals surface area contributed by atoms with E-state index in [9.17, 15) is 4.79 Å². The van der Waals surface area contributed by atoms with Gasteiger partial charge in [-0.1, -0.05) is 54.2 Å². The van der Waals surface area contributed by atoms with Gasteiger partial charge in [-0.15, -0.1) is 10.2 Å². The van der Waals surface area contributed by atoms with E-state index in [1.165, 1.54) is 6.42 Å². The van der Waals surface area contributed by atoms with Gasteiger partial charge >= 0.3 is 0 Å². The summed E-state index contributed by atoms with van der Waals surface area (Å²) >= 11 is 1.64. The van der Waals surface area contributed by atoms with Crippen molar-refractivity contribution in [3.05, 3.63) is 65.7 Å². The van der Waals surface area contributed by atoms with E-state index >= 15 is 0 Å². The molecule has 0 spiro atoms. The molecule has 0 radical (unpaired) electrons. The molecule has 0 unspecified atom stereocenters. The van der Waals surface area contributed by atoms with Gasteiger partial charge in [-0.25, -0.2) is 0 Å². The van der Waals surface area contributed by atoms with Crippen LogP contribution in [-0.4, -0.2) is 38.7 Å². The Balaban J connectivity index is 1.44. The van der Waals surface area contributed by atoms with Crippen molar-refractivity contribution in [2.75, 3.05) is 13.1 Å². The number of likely N-dealkylation sites (tertiary alicyclic amines) is 1. The van der Waals surface area contributed by atoms with Crippen LogP contribution < -0.4 is 0 Å². The number of carbonyl (C=O) groups excluding carboxylic acids is 1. The predicted octanol–water partition coefficient (Wildman–Crippen LogP) is 4.40. The number of thioether (sulfide) groups is 1. The van der Waals surface area contributed by atoms with Crippen molar-refractivity contribution in [2.45, 2.75) is 30.2 Å². The average Bonchev–Trinajstić information content (AvgIpc) is 3.13. The number of hydrogen-bond acceptors (Lipinski definition) is 4. The molecule has 2 aromatic carbocycles. The molecule has 1 amide bonds. The number of rotatable bonds is 5. The summed E-state index contributed by atoms with van der Waals surface area (Å²) in [7, 11) is 1.99. The summed E-state index contributed by atoms with van der Waals surface area (Å²) in [6, 6.07) is 18.0. The van der Waals surface area contributed by atoms with E-state index in [2.05, 4.69) is 16.3 Å². The Morgan fingerprint density at radius 2 is 1.79 bits per heavy atom. The van der Waals surface area contributed by atoms with Gasteiger partial charge < -0.3 is 9.47 Å². The Kier molecular flexibility index (Phi) is 5.76. The lowest BCUT2D eigenvalue weighted by Gasteiger charge is -2.26. The Morgan fingerprint density at radius 3 is 2.57 bits per heavy atom. The van der Waals surface area contributed by atoms with Crippen LogP contribution in [0.4, 0.5) is 0 Å². The molecule has 4 rings (SSSR count). The van der Waals surface area contributed by atoms with Crippen molar-refractivity contribution < 1.29 is 4.79 Å². The average molecular weight is 393 g/mol. The fourth-order valence-electron chi connectivity index (χ4n) is 3.50. The second-order valence-corrected chi connectivity index (χ2v) is 8.02. The lowest BCUT2D eigenvalue weighted by molar-refractivity contribution is 0.0724. The smallest absolute Gasteiger partial charge is 0.253 e. The number of benzene rings is 2. The third-order valence-corrected chi connectivity index (χ3v) is 6.14. The van der Waals surface area contributed by atoms with Gasteiger partial charge in [0.15, 0.2) is 11.0 Å². The number of nitrogens with zero attached hydrogens (tertiary/aromatic N) is 4. The van der Waals surface area contributed by atoms with Crippen LogP contribution in [-0.2, 0) is 12.8 Å². The third-order valence-electron chi connectivity index (χ3n) is 5.05. The lowest BCUT2D eigenvalue weighted by atomic mass is 10.1. The molecule has 1 saturated heterocycles. The van der Waals surface area contributed by atoms with E-state index in [0.717, 1.165) is 59.4 Å².